The first-order valence-corrected chi connectivity index (χ1v) is 12.7. The number of nitrogens with one attached hydrogen (secondary N) is 1. The lowest BCUT2D eigenvalue weighted by atomic mass is 10.0. The molecule has 2 aliphatic rings. The molecule has 9 nitrogen and oxygen atoms in total. The average Bonchev–Trinajstić information content (AvgIpc) is 3.54. The Labute approximate surface area is 198 Å². The van der Waals surface area contributed by atoms with E-state index in [1.54, 1.807) is 25.1 Å². The van der Waals surface area contributed by atoms with Crippen LogP contribution in [0.25, 0.3) is 0 Å². The molecule has 1 N–H and O–H groups in total. The van der Waals surface area contributed by atoms with E-state index in [2.05, 4.69) is 28.7 Å². The van der Waals surface area contributed by atoms with Crippen LogP contribution in [0.1, 0.15) is 61.4 Å². The molecular weight excluding hydrogens is 456 g/mol. The molecule has 2 aromatic carbocycles. The molecule has 1 aliphatic carbocycles. The molecule has 10 heteroatoms. The van der Waals surface area contributed by atoms with Crippen molar-refractivity contribution in [2.24, 2.45) is 0 Å². The number of anilines is 2. The first kappa shape index (κ1) is 22.4. The Morgan fingerprint density at radius 1 is 1.18 bits per heavy atom. The van der Waals surface area contributed by atoms with Crippen molar-refractivity contribution < 1.29 is 22.5 Å². The molecule has 3 aromatic rings. The van der Waals surface area contributed by atoms with Crippen molar-refractivity contribution in [2.75, 3.05) is 16.2 Å². The van der Waals surface area contributed by atoms with Crippen LogP contribution in [0.4, 0.5) is 11.4 Å². The second kappa shape index (κ2) is 8.43. The maximum absolute atomic E-state index is 13.2. The lowest BCUT2D eigenvalue weighted by molar-refractivity contribution is -0.121. The van der Waals surface area contributed by atoms with Crippen molar-refractivity contribution >= 4 is 27.3 Å². The number of aromatic nitrogens is 2. The van der Waals surface area contributed by atoms with Gasteiger partial charge in [0.15, 0.2) is 12.4 Å². The number of carbonyl (C=O) groups excluding carboxylic acids is 1. The summed E-state index contributed by atoms with van der Waals surface area (Å²) in [5, 5.41) is 4.00. The van der Waals surface area contributed by atoms with E-state index in [0.29, 0.717) is 46.2 Å². The first-order valence-electron chi connectivity index (χ1n) is 11.2. The lowest BCUT2D eigenvalue weighted by Gasteiger charge is -2.29. The minimum atomic E-state index is -3.87. The lowest BCUT2D eigenvalue weighted by Crippen LogP contribution is -2.38. The zero-order valence-electron chi connectivity index (χ0n) is 19.2. The van der Waals surface area contributed by atoms with Crippen LogP contribution in [0, 0.1) is 6.92 Å². The van der Waals surface area contributed by atoms with E-state index in [9.17, 15) is 13.2 Å². The highest BCUT2D eigenvalue weighted by atomic mass is 32.2. The maximum Gasteiger partial charge on any atom is 0.265 e. The molecular formula is C24H26N4O5S. The van der Waals surface area contributed by atoms with Gasteiger partial charge in [0, 0.05) is 17.7 Å². The van der Waals surface area contributed by atoms with Crippen LogP contribution in [0.5, 0.6) is 5.75 Å². The van der Waals surface area contributed by atoms with Gasteiger partial charge in [0.25, 0.3) is 15.9 Å². The molecule has 0 unspecified atom stereocenters. The average molecular weight is 483 g/mol. The monoisotopic (exact) mass is 482 g/mol. The molecule has 178 valence electrons. The minimum Gasteiger partial charge on any atom is -0.482 e. The van der Waals surface area contributed by atoms with E-state index in [4.69, 9.17) is 9.26 Å². The third kappa shape index (κ3) is 4.37. The minimum absolute atomic E-state index is 0.0871. The van der Waals surface area contributed by atoms with Crippen LogP contribution >= 0.6 is 0 Å². The molecule has 0 saturated heterocycles. The summed E-state index contributed by atoms with van der Waals surface area (Å²) in [7, 11) is -3.87. The second-order valence-electron chi connectivity index (χ2n) is 9.06. The Bertz CT molecular complexity index is 1340. The molecule has 1 fully saturated rings. The molecule has 1 aliphatic heterocycles. The highest BCUT2D eigenvalue weighted by molar-refractivity contribution is 7.92. The highest BCUT2D eigenvalue weighted by Gasteiger charge is 2.32. The molecule has 1 aromatic heterocycles. The molecule has 0 bridgehead atoms. The van der Waals surface area contributed by atoms with Crippen LogP contribution in [-0.2, 0) is 21.4 Å². The van der Waals surface area contributed by atoms with Gasteiger partial charge in [0.1, 0.15) is 5.75 Å². The highest BCUT2D eigenvalue weighted by Crippen LogP contribution is 2.40. The third-order valence-corrected chi connectivity index (χ3v) is 7.55. The van der Waals surface area contributed by atoms with Gasteiger partial charge in [-0.25, -0.2) is 8.42 Å². The van der Waals surface area contributed by atoms with Crippen LogP contribution in [0.15, 0.2) is 45.8 Å². The summed E-state index contributed by atoms with van der Waals surface area (Å²) in [5.41, 5.74) is 2.56. The Hall–Kier alpha value is -3.40. The van der Waals surface area contributed by atoms with E-state index in [-0.39, 0.29) is 24.0 Å². The molecule has 1 saturated carbocycles. The van der Waals surface area contributed by atoms with E-state index in [1.165, 1.54) is 11.0 Å². The largest absolute Gasteiger partial charge is 0.482 e. The predicted molar refractivity (Wildman–Crippen MR) is 125 cm³/mol. The fourth-order valence-corrected chi connectivity index (χ4v) is 5.21. The fourth-order valence-electron chi connectivity index (χ4n) is 3.91. The van der Waals surface area contributed by atoms with Crippen molar-refractivity contribution in [1.82, 2.24) is 10.1 Å². The van der Waals surface area contributed by atoms with E-state index >= 15 is 0 Å². The molecule has 2 heterocycles. The van der Waals surface area contributed by atoms with E-state index in [1.807, 2.05) is 12.1 Å². The van der Waals surface area contributed by atoms with E-state index in [0.717, 1.165) is 18.4 Å². The van der Waals surface area contributed by atoms with Gasteiger partial charge in [0.05, 0.1) is 17.1 Å². The number of hydrogen-bond acceptors (Lipinski definition) is 7. The predicted octanol–water partition coefficient (Wildman–Crippen LogP) is 4.11. The SMILES string of the molecule is Cc1cc2c(cc1S(=O)(=O)Nc1ccc(C(C)C)cc1)OCC(=O)N2Cc1noc(C2CC2)n1. The summed E-state index contributed by atoms with van der Waals surface area (Å²) in [6, 6.07) is 10.4. The van der Waals surface area contributed by atoms with Crippen LogP contribution in [0.2, 0.25) is 0 Å². The number of hydrogen-bond donors (Lipinski definition) is 1. The van der Waals surface area contributed by atoms with Crippen molar-refractivity contribution in [1.29, 1.82) is 0 Å². The van der Waals surface area contributed by atoms with Gasteiger partial charge < -0.3 is 9.26 Å². The molecule has 0 spiro atoms. The number of rotatable bonds is 7. The molecule has 1 amide bonds. The number of fused-ring (bicyclic) bond motifs is 1. The Balaban J connectivity index is 1.41. The first-order chi connectivity index (χ1) is 16.2. The number of amides is 1. The fraction of sp³-hybridized carbons (Fsp3) is 0.375. The Morgan fingerprint density at radius 2 is 1.91 bits per heavy atom. The number of carbonyl (C=O) groups is 1. The Kier molecular flexibility index (Phi) is 5.55. The topological polar surface area (TPSA) is 115 Å². The number of sulfonamides is 1. The van der Waals surface area contributed by atoms with Gasteiger partial charge in [-0.15, -0.1) is 0 Å². The van der Waals surface area contributed by atoms with Gasteiger partial charge in [-0.2, -0.15) is 4.98 Å². The zero-order valence-corrected chi connectivity index (χ0v) is 20.1. The Morgan fingerprint density at radius 3 is 2.59 bits per heavy atom. The summed E-state index contributed by atoms with van der Waals surface area (Å²) in [6.45, 7) is 5.76. The number of aryl methyl sites for hydroxylation is 1. The number of benzene rings is 2. The quantitative estimate of drug-likeness (QED) is 0.539. The summed E-state index contributed by atoms with van der Waals surface area (Å²) >= 11 is 0. The van der Waals surface area contributed by atoms with Crippen LogP contribution < -0.4 is 14.4 Å². The molecule has 5 rings (SSSR count). The third-order valence-electron chi connectivity index (χ3n) is 6.03. The van der Waals surface area contributed by atoms with Gasteiger partial charge in [-0.05, 0) is 55.0 Å². The summed E-state index contributed by atoms with van der Waals surface area (Å²) in [6.07, 6.45) is 2.07. The van der Waals surface area contributed by atoms with Gasteiger partial charge in [-0.1, -0.05) is 31.1 Å². The van der Waals surface area contributed by atoms with E-state index < -0.39 is 10.0 Å². The van der Waals surface area contributed by atoms with Crippen molar-refractivity contribution in [3.05, 3.63) is 59.2 Å². The van der Waals surface area contributed by atoms with Gasteiger partial charge in [0.2, 0.25) is 5.89 Å². The summed E-state index contributed by atoms with van der Waals surface area (Å²) < 4.78 is 39.8. The summed E-state index contributed by atoms with van der Waals surface area (Å²) in [5.74, 6) is 1.72. The number of ether oxygens (including phenoxy) is 1. The molecule has 0 atom stereocenters. The smallest absolute Gasteiger partial charge is 0.265 e. The molecule has 0 radical (unpaired) electrons. The van der Waals surface area contributed by atoms with Crippen molar-refractivity contribution in [2.45, 2.75) is 56.9 Å². The van der Waals surface area contributed by atoms with Gasteiger partial charge in [-0.3, -0.25) is 14.4 Å². The van der Waals surface area contributed by atoms with Crippen molar-refractivity contribution in [3.63, 3.8) is 0 Å². The van der Waals surface area contributed by atoms with Crippen LogP contribution in [0.3, 0.4) is 0 Å². The van der Waals surface area contributed by atoms with Crippen LogP contribution in [-0.4, -0.2) is 31.1 Å². The van der Waals surface area contributed by atoms with Gasteiger partial charge >= 0.3 is 0 Å². The second-order valence-corrected chi connectivity index (χ2v) is 10.7. The maximum atomic E-state index is 13.2. The summed E-state index contributed by atoms with van der Waals surface area (Å²) in [4.78, 5) is 18.6. The van der Waals surface area contributed by atoms with Crippen molar-refractivity contribution in [3.8, 4) is 5.75 Å². The molecule has 34 heavy (non-hydrogen) atoms. The zero-order chi connectivity index (χ0) is 24.0. The standard InChI is InChI=1S/C24H26N4O5S/c1-14(2)16-6-8-18(9-7-16)27-34(30,31)21-11-20-19(10-15(21)3)28(23(29)13-32-20)12-22-25-24(33-26-22)17-4-5-17/h6-11,14,17,27H,4-5,12-13H2,1-3H3. The normalized spacial score (nSPS) is 15.9. The number of nitrogens with zero attached hydrogens (tertiary/aromatic N) is 3.